The van der Waals surface area contributed by atoms with Gasteiger partial charge in [0.2, 0.25) is 0 Å². The number of ether oxygens (including phenoxy) is 1. The average Bonchev–Trinajstić information content (AvgIpc) is 2.54. The fourth-order valence-electron chi connectivity index (χ4n) is 2.30. The number of benzene rings is 2. The molecule has 0 aliphatic heterocycles. The molecule has 0 aromatic heterocycles. The Morgan fingerprint density at radius 2 is 1.75 bits per heavy atom. The summed E-state index contributed by atoms with van der Waals surface area (Å²) in [7, 11) is 0. The molecular weight excluding hydrogens is 318 g/mol. The Morgan fingerprint density at radius 3 is 2.25 bits per heavy atom. The summed E-state index contributed by atoms with van der Waals surface area (Å²) in [6, 6.07) is 8.82. The van der Waals surface area contributed by atoms with E-state index in [1.54, 1.807) is 6.92 Å². The lowest BCUT2D eigenvalue weighted by Gasteiger charge is -2.28. The zero-order valence-electron chi connectivity index (χ0n) is 13.1. The zero-order valence-corrected chi connectivity index (χ0v) is 13.1. The SMILES string of the molecule is CCOC(=O)C(C)(C(=O)[O-])c1ccc(-c2ccc(F)cc2F)cc1. The van der Waals surface area contributed by atoms with E-state index in [2.05, 4.69) is 0 Å². The van der Waals surface area contributed by atoms with Gasteiger partial charge in [-0.2, -0.15) is 0 Å². The van der Waals surface area contributed by atoms with Gasteiger partial charge in [0, 0.05) is 11.6 Å². The van der Waals surface area contributed by atoms with E-state index < -0.39 is 29.0 Å². The van der Waals surface area contributed by atoms with Crippen LogP contribution in [-0.4, -0.2) is 18.5 Å². The highest BCUT2D eigenvalue weighted by Crippen LogP contribution is 2.29. The number of aliphatic carboxylic acids is 1. The van der Waals surface area contributed by atoms with Gasteiger partial charge < -0.3 is 14.6 Å². The molecule has 0 fully saturated rings. The average molecular weight is 333 g/mol. The van der Waals surface area contributed by atoms with Crippen LogP contribution in [0.2, 0.25) is 0 Å². The molecule has 4 nitrogen and oxygen atoms in total. The summed E-state index contributed by atoms with van der Waals surface area (Å²) in [4.78, 5) is 23.5. The summed E-state index contributed by atoms with van der Waals surface area (Å²) >= 11 is 0. The summed E-state index contributed by atoms with van der Waals surface area (Å²) in [5.41, 5.74) is -1.25. The lowest BCUT2D eigenvalue weighted by molar-refractivity contribution is -0.312. The summed E-state index contributed by atoms with van der Waals surface area (Å²) < 4.78 is 31.6. The molecule has 1 atom stereocenters. The van der Waals surface area contributed by atoms with Crippen LogP contribution >= 0.6 is 0 Å². The van der Waals surface area contributed by atoms with Gasteiger partial charge in [-0.05, 0) is 37.1 Å². The Balaban J connectivity index is 2.43. The number of carboxylic acid groups (broad SMARTS) is 1. The molecule has 126 valence electrons. The molecule has 0 saturated carbocycles. The number of rotatable bonds is 5. The predicted octanol–water partition coefficient (Wildman–Crippen LogP) is 2.20. The smallest absolute Gasteiger partial charge is 0.322 e. The highest BCUT2D eigenvalue weighted by Gasteiger charge is 2.38. The van der Waals surface area contributed by atoms with Gasteiger partial charge in [-0.3, -0.25) is 4.79 Å². The van der Waals surface area contributed by atoms with Gasteiger partial charge in [0.1, 0.15) is 17.0 Å². The van der Waals surface area contributed by atoms with Crippen LogP contribution < -0.4 is 5.11 Å². The third-order valence-electron chi connectivity index (χ3n) is 3.80. The van der Waals surface area contributed by atoms with Gasteiger partial charge in [0.15, 0.2) is 0 Å². The number of hydrogen-bond acceptors (Lipinski definition) is 4. The second kappa shape index (κ2) is 6.78. The van der Waals surface area contributed by atoms with Crippen LogP contribution in [0.15, 0.2) is 42.5 Å². The molecule has 0 spiro atoms. The molecule has 0 heterocycles. The van der Waals surface area contributed by atoms with E-state index in [4.69, 9.17) is 4.74 Å². The lowest BCUT2D eigenvalue weighted by atomic mass is 9.82. The summed E-state index contributed by atoms with van der Waals surface area (Å²) in [5, 5.41) is 11.5. The van der Waals surface area contributed by atoms with Gasteiger partial charge in [-0.25, -0.2) is 8.78 Å². The van der Waals surface area contributed by atoms with Crippen LogP contribution in [-0.2, 0) is 19.7 Å². The van der Waals surface area contributed by atoms with E-state index in [1.807, 2.05) is 0 Å². The zero-order chi connectivity index (χ0) is 17.9. The molecule has 24 heavy (non-hydrogen) atoms. The van der Waals surface area contributed by atoms with Crippen molar-refractivity contribution in [3.8, 4) is 11.1 Å². The van der Waals surface area contributed by atoms with E-state index in [1.165, 1.54) is 37.3 Å². The quantitative estimate of drug-likeness (QED) is 0.621. The Kier molecular flexibility index (Phi) is 4.97. The Morgan fingerprint density at radius 1 is 1.12 bits per heavy atom. The number of carboxylic acids is 1. The highest BCUT2D eigenvalue weighted by molar-refractivity contribution is 6.04. The molecule has 0 aliphatic rings. The second-order valence-electron chi connectivity index (χ2n) is 5.33. The van der Waals surface area contributed by atoms with Crippen LogP contribution in [0.3, 0.4) is 0 Å². The van der Waals surface area contributed by atoms with Crippen molar-refractivity contribution in [2.75, 3.05) is 6.61 Å². The minimum atomic E-state index is -1.98. The van der Waals surface area contributed by atoms with Crippen molar-refractivity contribution in [3.05, 3.63) is 59.7 Å². The Labute approximate surface area is 137 Å². The Hall–Kier alpha value is -2.76. The van der Waals surface area contributed by atoms with Crippen molar-refractivity contribution in [2.45, 2.75) is 19.3 Å². The fourth-order valence-corrected chi connectivity index (χ4v) is 2.30. The number of halogens is 2. The first kappa shape index (κ1) is 17.6. The van der Waals surface area contributed by atoms with Crippen molar-refractivity contribution < 1.29 is 28.2 Å². The maximum atomic E-state index is 13.8. The molecule has 2 rings (SSSR count). The summed E-state index contributed by atoms with van der Waals surface area (Å²) in [6.07, 6.45) is 0. The maximum Gasteiger partial charge on any atom is 0.322 e. The van der Waals surface area contributed by atoms with E-state index in [-0.39, 0.29) is 17.7 Å². The summed E-state index contributed by atoms with van der Waals surface area (Å²) in [5.74, 6) is -3.97. The van der Waals surface area contributed by atoms with Crippen LogP contribution in [0.5, 0.6) is 0 Å². The molecule has 0 saturated heterocycles. The van der Waals surface area contributed by atoms with Crippen molar-refractivity contribution in [3.63, 3.8) is 0 Å². The largest absolute Gasteiger partial charge is 0.549 e. The minimum Gasteiger partial charge on any atom is -0.549 e. The van der Waals surface area contributed by atoms with Crippen LogP contribution in [0.4, 0.5) is 8.78 Å². The van der Waals surface area contributed by atoms with E-state index in [0.29, 0.717) is 5.56 Å². The lowest BCUT2D eigenvalue weighted by Crippen LogP contribution is -2.50. The van der Waals surface area contributed by atoms with Crippen molar-refractivity contribution in [2.24, 2.45) is 0 Å². The van der Waals surface area contributed by atoms with Crippen molar-refractivity contribution >= 4 is 11.9 Å². The first-order valence-electron chi connectivity index (χ1n) is 7.25. The molecule has 2 aromatic carbocycles. The third kappa shape index (κ3) is 3.13. The molecule has 6 heteroatoms. The molecule has 0 N–H and O–H groups in total. The molecule has 0 radical (unpaired) electrons. The normalized spacial score (nSPS) is 13.2. The van der Waals surface area contributed by atoms with Crippen LogP contribution in [0.25, 0.3) is 11.1 Å². The van der Waals surface area contributed by atoms with Crippen molar-refractivity contribution in [1.82, 2.24) is 0 Å². The second-order valence-corrected chi connectivity index (χ2v) is 5.33. The molecule has 0 amide bonds. The summed E-state index contributed by atoms with van der Waals surface area (Å²) in [6.45, 7) is 2.78. The van der Waals surface area contributed by atoms with Gasteiger partial charge in [-0.1, -0.05) is 24.3 Å². The fraction of sp³-hybridized carbons (Fsp3) is 0.222. The number of hydrogen-bond donors (Lipinski definition) is 0. The van der Waals surface area contributed by atoms with E-state index >= 15 is 0 Å². The van der Waals surface area contributed by atoms with Crippen molar-refractivity contribution in [1.29, 1.82) is 0 Å². The van der Waals surface area contributed by atoms with Gasteiger partial charge in [-0.15, -0.1) is 0 Å². The monoisotopic (exact) mass is 333 g/mol. The number of carbonyl (C=O) groups is 2. The number of carbonyl (C=O) groups excluding carboxylic acids is 2. The van der Waals surface area contributed by atoms with E-state index in [9.17, 15) is 23.5 Å². The highest BCUT2D eigenvalue weighted by atomic mass is 19.1. The van der Waals surface area contributed by atoms with Gasteiger partial charge >= 0.3 is 5.97 Å². The minimum absolute atomic E-state index is 0.0284. The van der Waals surface area contributed by atoms with Gasteiger partial charge in [0.05, 0.1) is 12.6 Å². The van der Waals surface area contributed by atoms with Gasteiger partial charge in [0.25, 0.3) is 0 Å². The predicted molar refractivity (Wildman–Crippen MR) is 80.8 cm³/mol. The molecule has 0 bridgehead atoms. The maximum absolute atomic E-state index is 13.8. The molecule has 1 unspecified atom stereocenters. The Bertz CT molecular complexity index is 771. The first-order valence-corrected chi connectivity index (χ1v) is 7.25. The molecular formula is C18H15F2O4-. The third-order valence-corrected chi connectivity index (χ3v) is 3.80. The van der Waals surface area contributed by atoms with Crippen LogP contribution in [0, 0.1) is 11.6 Å². The topological polar surface area (TPSA) is 66.4 Å². The molecule has 2 aromatic rings. The first-order chi connectivity index (χ1) is 11.3. The molecule has 0 aliphatic carbocycles. The number of esters is 1. The van der Waals surface area contributed by atoms with Crippen LogP contribution in [0.1, 0.15) is 19.4 Å². The van der Waals surface area contributed by atoms with E-state index in [0.717, 1.165) is 12.1 Å². The standard InChI is InChI=1S/C18H16F2O4/c1-3-24-17(23)18(2,16(21)22)12-6-4-11(5-7-12)14-9-8-13(19)10-15(14)20/h4-10H,3H2,1-2H3,(H,21,22)/p-1.